The normalized spacial score (nSPS) is 11.1. The standard InChI is InChI=1S/C30H27N3O3S2/c1-20-13-14-24(16-21(20)2)31-28(34)19-38-25-11-6-10-23(17-25)32-30(36)27(18-26-12-7-15-37-26)33-29(35)22-8-4-3-5-9-22/h3-18H,19H2,1-2H3,(H,31,34)(H,32,36)(H,33,35)/b27-18-. The minimum Gasteiger partial charge on any atom is -0.325 e. The van der Waals surface area contributed by atoms with Crippen LogP contribution < -0.4 is 16.0 Å². The molecule has 0 saturated carbocycles. The number of hydrogen-bond acceptors (Lipinski definition) is 5. The summed E-state index contributed by atoms with van der Waals surface area (Å²) in [5, 5.41) is 10.4. The Morgan fingerprint density at radius 1 is 0.816 bits per heavy atom. The van der Waals surface area contributed by atoms with E-state index in [1.807, 2.05) is 67.8 Å². The molecule has 192 valence electrons. The number of rotatable bonds is 9. The van der Waals surface area contributed by atoms with Crippen LogP contribution in [0.3, 0.4) is 0 Å². The largest absolute Gasteiger partial charge is 0.325 e. The van der Waals surface area contributed by atoms with E-state index in [0.717, 1.165) is 21.0 Å². The lowest BCUT2D eigenvalue weighted by atomic mass is 10.1. The number of thioether (sulfide) groups is 1. The molecule has 1 heterocycles. The van der Waals surface area contributed by atoms with Gasteiger partial charge >= 0.3 is 0 Å². The Morgan fingerprint density at radius 3 is 2.34 bits per heavy atom. The van der Waals surface area contributed by atoms with E-state index in [-0.39, 0.29) is 23.3 Å². The number of carbonyl (C=O) groups excluding carboxylic acids is 3. The maximum atomic E-state index is 13.2. The first-order valence-electron chi connectivity index (χ1n) is 11.9. The van der Waals surface area contributed by atoms with Gasteiger partial charge in [0.05, 0.1) is 5.75 Å². The predicted molar refractivity (Wildman–Crippen MR) is 157 cm³/mol. The monoisotopic (exact) mass is 541 g/mol. The van der Waals surface area contributed by atoms with E-state index in [1.165, 1.54) is 28.7 Å². The Bertz CT molecular complexity index is 1470. The van der Waals surface area contributed by atoms with E-state index in [9.17, 15) is 14.4 Å². The third-order valence-electron chi connectivity index (χ3n) is 5.61. The Balaban J connectivity index is 1.40. The smallest absolute Gasteiger partial charge is 0.272 e. The molecule has 1 aromatic heterocycles. The van der Waals surface area contributed by atoms with Crippen molar-refractivity contribution in [2.45, 2.75) is 18.7 Å². The average molecular weight is 542 g/mol. The third-order valence-corrected chi connectivity index (χ3v) is 7.42. The van der Waals surface area contributed by atoms with Crippen LogP contribution in [0.5, 0.6) is 0 Å². The molecule has 3 amide bonds. The molecule has 3 N–H and O–H groups in total. The Hall–Kier alpha value is -4.14. The van der Waals surface area contributed by atoms with Crippen LogP contribution >= 0.6 is 23.1 Å². The second-order valence-electron chi connectivity index (χ2n) is 8.51. The molecule has 0 unspecified atom stereocenters. The third kappa shape index (κ3) is 7.68. The summed E-state index contributed by atoms with van der Waals surface area (Å²) in [5.74, 6) is -0.710. The Morgan fingerprint density at radius 2 is 1.61 bits per heavy atom. The van der Waals surface area contributed by atoms with Gasteiger partial charge < -0.3 is 16.0 Å². The summed E-state index contributed by atoms with van der Waals surface area (Å²) < 4.78 is 0. The molecule has 0 radical (unpaired) electrons. The molecular formula is C30H27N3O3S2. The van der Waals surface area contributed by atoms with Crippen LogP contribution in [0.15, 0.2) is 101 Å². The molecule has 8 heteroatoms. The molecule has 0 aliphatic heterocycles. The molecule has 4 aromatic rings. The summed E-state index contributed by atoms with van der Waals surface area (Å²) in [5.41, 5.74) is 4.19. The van der Waals surface area contributed by atoms with Crippen LogP contribution in [0.4, 0.5) is 11.4 Å². The highest BCUT2D eigenvalue weighted by atomic mass is 32.2. The second-order valence-corrected chi connectivity index (χ2v) is 10.5. The van der Waals surface area contributed by atoms with Gasteiger partial charge in [-0.15, -0.1) is 23.1 Å². The number of amides is 3. The molecule has 0 atom stereocenters. The van der Waals surface area contributed by atoms with Crippen LogP contribution in [0, 0.1) is 13.8 Å². The predicted octanol–water partition coefficient (Wildman–Crippen LogP) is 6.51. The van der Waals surface area contributed by atoms with Crippen LogP contribution in [0.1, 0.15) is 26.4 Å². The van der Waals surface area contributed by atoms with E-state index in [4.69, 9.17) is 0 Å². The zero-order chi connectivity index (χ0) is 26.9. The zero-order valence-electron chi connectivity index (χ0n) is 21.0. The molecule has 3 aromatic carbocycles. The number of anilines is 2. The molecule has 0 aliphatic carbocycles. The van der Waals surface area contributed by atoms with Crippen LogP contribution in [0.25, 0.3) is 6.08 Å². The molecular weight excluding hydrogens is 514 g/mol. The summed E-state index contributed by atoms with van der Waals surface area (Å²) in [4.78, 5) is 40.0. The van der Waals surface area contributed by atoms with Gasteiger partial charge in [0.25, 0.3) is 11.8 Å². The number of nitrogens with one attached hydrogen (secondary N) is 3. The number of thiophene rings is 1. The first-order chi connectivity index (χ1) is 18.4. The topological polar surface area (TPSA) is 87.3 Å². The van der Waals surface area contributed by atoms with E-state index in [2.05, 4.69) is 16.0 Å². The molecule has 0 spiro atoms. The van der Waals surface area contributed by atoms with Gasteiger partial charge in [-0.1, -0.05) is 36.4 Å². The number of aryl methyl sites for hydroxylation is 2. The molecule has 0 aliphatic rings. The Labute approximate surface area is 230 Å². The van der Waals surface area contributed by atoms with Crippen molar-refractivity contribution < 1.29 is 14.4 Å². The molecule has 38 heavy (non-hydrogen) atoms. The fourth-order valence-electron chi connectivity index (χ4n) is 3.49. The van der Waals surface area contributed by atoms with Crippen molar-refractivity contribution in [1.82, 2.24) is 5.32 Å². The highest BCUT2D eigenvalue weighted by Gasteiger charge is 2.16. The van der Waals surface area contributed by atoms with E-state index >= 15 is 0 Å². The van der Waals surface area contributed by atoms with Crippen molar-refractivity contribution in [2.24, 2.45) is 0 Å². The molecule has 6 nitrogen and oxygen atoms in total. The maximum absolute atomic E-state index is 13.2. The van der Waals surface area contributed by atoms with Crippen molar-refractivity contribution in [2.75, 3.05) is 16.4 Å². The van der Waals surface area contributed by atoms with E-state index in [0.29, 0.717) is 11.3 Å². The van der Waals surface area contributed by atoms with Crippen LogP contribution in [0.2, 0.25) is 0 Å². The van der Waals surface area contributed by atoms with Gasteiger partial charge in [-0.25, -0.2) is 0 Å². The summed E-state index contributed by atoms with van der Waals surface area (Å²) >= 11 is 2.83. The van der Waals surface area contributed by atoms with Crippen LogP contribution in [-0.2, 0) is 9.59 Å². The maximum Gasteiger partial charge on any atom is 0.272 e. The summed E-state index contributed by atoms with van der Waals surface area (Å²) in [6.07, 6.45) is 1.65. The highest BCUT2D eigenvalue weighted by molar-refractivity contribution is 8.00. The molecule has 0 saturated heterocycles. The lowest BCUT2D eigenvalue weighted by Gasteiger charge is -2.12. The molecule has 0 bridgehead atoms. The fraction of sp³-hybridized carbons (Fsp3) is 0.100. The summed E-state index contributed by atoms with van der Waals surface area (Å²) in [7, 11) is 0. The van der Waals surface area contributed by atoms with Crippen molar-refractivity contribution >= 4 is 58.3 Å². The van der Waals surface area contributed by atoms with E-state index < -0.39 is 5.91 Å². The lowest BCUT2D eigenvalue weighted by molar-refractivity contribution is -0.114. The molecule has 0 fully saturated rings. The van der Waals surface area contributed by atoms with Gasteiger partial charge in [-0.3, -0.25) is 14.4 Å². The lowest BCUT2D eigenvalue weighted by Crippen LogP contribution is -2.30. The van der Waals surface area contributed by atoms with Gasteiger partial charge in [-0.2, -0.15) is 0 Å². The second kappa shape index (κ2) is 12.9. The minimum absolute atomic E-state index is 0.113. The summed E-state index contributed by atoms with van der Waals surface area (Å²) in [6, 6.07) is 25.5. The van der Waals surface area contributed by atoms with Crippen molar-refractivity contribution in [3.05, 3.63) is 118 Å². The minimum atomic E-state index is -0.447. The van der Waals surface area contributed by atoms with Crippen molar-refractivity contribution in [1.29, 1.82) is 0 Å². The Kier molecular flexibility index (Phi) is 9.13. The van der Waals surface area contributed by atoms with Crippen molar-refractivity contribution in [3.8, 4) is 0 Å². The van der Waals surface area contributed by atoms with Gasteiger partial charge in [0, 0.05) is 26.7 Å². The quantitative estimate of drug-likeness (QED) is 0.167. The summed E-state index contributed by atoms with van der Waals surface area (Å²) in [6.45, 7) is 4.04. The van der Waals surface area contributed by atoms with Gasteiger partial charge in [0.2, 0.25) is 5.91 Å². The first-order valence-corrected chi connectivity index (χ1v) is 13.8. The first kappa shape index (κ1) is 26.9. The SMILES string of the molecule is Cc1ccc(NC(=O)CSc2cccc(NC(=O)/C(=C/c3cccs3)NC(=O)c3ccccc3)c2)cc1C. The highest BCUT2D eigenvalue weighted by Crippen LogP contribution is 2.23. The van der Waals surface area contributed by atoms with Crippen molar-refractivity contribution in [3.63, 3.8) is 0 Å². The fourth-order valence-corrected chi connectivity index (χ4v) is 4.90. The molecule has 4 rings (SSSR count). The van der Waals surface area contributed by atoms with Gasteiger partial charge in [-0.05, 0) is 85.0 Å². The van der Waals surface area contributed by atoms with Crippen LogP contribution in [-0.4, -0.2) is 23.5 Å². The van der Waals surface area contributed by atoms with Gasteiger partial charge in [0.1, 0.15) is 5.70 Å². The van der Waals surface area contributed by atoms with Gasteiger partial charge in [0.15, 0.2) is 0 Å². The number of hydrogen-bond donors (Lipinski definition) is 3. The number of benzene rings is 3. The zero-order valence-corrected chi connectivity index (χ0v) is 22.6. The average Bonchev–Trinajstić information content (AvgIpc) is 3.43. The van der Waals surface area contributed by atoms with E-state index in [1.54, 1.807) is 42.5 Å². The number of carbonyl (C=O) groups is 3.